The number of carbonyl (C=O) groups is 5. The number of oxime groups is 1. The minimum absolute atomic E-state index is 0.0244. The predicted octanol–water partition coefficient (Wildman–Crippen LogP) is 4.29. The van der Waals surface area contributed by atoms with Gasteiger partial charge >= 0.3 is 18.2 Å². The van der Waals surface area contributed by atoms with Crippen LogP contribution in [0.25, 0.3) is 0 Å². The van der Waals surface area contributed by atoms with Gasteiger partial charge in [0, 0.05) is 29.9 Å². The van der Waals surface area contributed by atoms with E-state index in [1.165, 1.54) is 16.5 Å². The van der Waals surface area contributed by atoms with E-state index in [1.54, 1.807) is 90.1 Å². The fourth-order valence-corrected chi connectivity index (χ4v) is 8.62. The maximum absolute atomic E-state index is 14.3. The number of thiazole rings is 1. The summed E-state index contributed by atoms with van der Waals surface area (Å²) in [7, 11) is -3.60. The Bertz CT molecular complexity index is 2840. The first kappa shape index (κ1) is 50.6. The molecule has 2 aliphatic rings. The molecule has 22 nitrogen and oxygen atoms in total. The Labute approximate surface area is 407 Å². The summed E-state index contributed by atoms with van der Waals surface area (Å²) in [5, 5.41) is 18.9. The molecule has 0 unspecified atom stereocenters. The summed E-state index contributed by atoms with van der Waals surface area (Å²) >= 11 is 0.885. The summed E-state index contributed by atoms with van der Waals surface area (Å²) in [6, 6.07) is 18.5. The molecule has 24 heteroatoms. The fraction of sp³-hybridized carbons (Fsp3) is 0.391. The lowest BCUT2D eigenvalue weighted by Gasteiger charge is -2.46. The van der Waals surface area contributed by atoms with E-state index in [4.69, 9.17) is 19.0 Å². The number of nitrogens with zero attached hydrogens (tertiary/aromatic N) is 8. The van der Waals surface area contributed by atoms with Crippen molar-refractivity contribution in [1.82, 2.24) is 34.5 Å². The number of hydrogen-bond acceptors (Lipinski definition) is 17. The predicted molar refractivity (Wildman–Crippen MR) is 248 cm³/mol. The topological polar surface area (TPSA) is 270 Å². The number of β-lactam (4-membered cyclic amide) rings is 1. The van der Waals surface area contributed by atoms with Gasteiger partial charge in [-0.05, 0) is 58.7 Å². The van der Waals surface area contributed by atoms with Crippen LogP contribution in [-0.2, 0) is 70.4 Å². The third kappa shape index (κ3) is 12.9. The molecule has 0 spiro atoms. The standard InChI is InChI=1S/C46H52N10O12S2/c1-44(2,3)66-42(60)50-41-48-33(28-69-41)35(52-68-46(20-21-46)40(59)65-37(30-16-10-8-11-17-30)31-18-12-9-13-19-31)38(57)49-36-34(56(39(36)58)70(62,63)64)27-55-47-23-32(51-55)26-54(43(61)67-45(4,5)6)25-29-15-14-22-53(7)24-29/h8-19,22-24,28,34,36-37H,20-21,25-27H2,1-7H3,(H2-,48,49,50,57,60,62,63,64)/t34-,36+/m1/s1. The molecule has 7 rings (SSSR count). The van der Waals surface area contributed by atoms with Crippen molar-refractivity contribution in [1.29, 1.82) is 0 Å². The molecule has 1 aliphatic heterocycles. The van der Waals surface area contributed by atoms with Crippen LogP contribution in [0, 0.1) is 0 Å². The van der Waals surface area contributed by atoms with Gasteiger partial charge < -0.3 is 28.9 Å². The smallest absolute Gasteiger partial charge is 0.413 e. The van der Waals surface area contributed by atoms with Crippen LogP contribution in [0.1, 0.15) is 88.6 Å². The number of rotatable bonds is 17. The van der Waals surface area contributed by atoms with Crippen molar-refractivity contribution in [3.05, 3.63) is 125 Å². The zero-order chi connectivity index (χ0) is 50.6. The Hall–Kier alpha value is -7.31. The molecule has 1 saturated heterocycles. The second-order valence-corrected chi connectivity index (χ2v) is 20.6. The minimum Gasteiger partial charge on any atom is -0.731 e. The highest BCUT2D eigenvalue weighted by Gasteiger charge is 2.57. The Kier molecular flexibility index (Phi) is 14.7. The lowest BCUT2D eigenvalue weighted by Crippen LogP contribution is -2.73. The number of ether oxygens (including phenoxy) is 3. The summed E-state index contributed by atoms with van der Waals surface area (Å²) in [5.41, 5.74) is -1.70. The van der Waals surface area contributed by atoms with Gasteiger partial charge in [0.05, 0.1) is 31.9 Å². The van der Waals surface area contributed by atoms with Gasteiger partial charge in [0.2, 0.25) is 5.60 Å². The minimum atomic E-state index is -5.43. The third-order valence-electron chi connectivity index (χ3n) is 10.4. The monoisotopic (exact) mass is 1000 g/mol. The molecular formula is C46H52N10O12S2. The Morgan fingerprint density at radius 1 is 0.957 bits per heavy atom. The van der Waals surface area contributed by atoms with Crippen molar-refractivity contribution in [3.8, 4) is 0 Å². The number of anilines is 1. The Morgan fingerprint density at radius 3 is 2.19 bits per heavy atom. The summed E-state index contributed by atoms with van der Waals surface area (Å²) in [6.45, 7) is 9.67. The Balaban J connectivity index is 1.13. The number of amides is 4. The van der Waals surface area contributed by atoms with E-state index in [2.05, 4.69) is 31.0 Å². The van der Waals surface area contributed by atoms with E-state index >= 15 is 0 Å². The molecule has 2 N–H and O–H groups in total. The van der Waals surface area contributed by atoms with E-state index in [-0.39, 0.29) is 46.8 Å². The highest BCUT2D eigenvalue weighted by atomic mass is 32.2. The number of hydrogen-bond donors (Lipinski definition) is 2. The molecule has 2 fully saturated rings. The van der Waals surface area contributed by atoms with E-state index in [9.17, 15) is 36.9 Å². The maximum Gasteiger partial charge on any atom is 0.413 e. The SMILES string of the molecule is C[n+]1cccc(CN(Cc2cnn(C[C@@H]3[C@H](NC(=O)C(=NOC4(C(=O)OC(c5ccccc5)c5ccccc5)CC4)c4csc(NC(=O)OC(C)(C)C)n4)C(=O)N3S(=O)(=O)[O-])n2)C(=O)OC(C)(C)C)c1. The van der Waals surface area contributed by atoms with Gasteiger partial charge in [-0.3, -0.25) is 19.8 Å². The molecule has 1 saturated carbocycles. The molecule has 70 heavy (non-hydrogen) atoms. The van der Waals surface area contributed by atoms with Gasteiger partial charge in [-0.25, -0.2) is 36.7 Å². The average molecular weight is 1000 g/mol. The quantitative estimate of drug-likeness (QED) is 0.0250. The van der Waals surface area contributed by atoms with Crippen molar-refractivity contribution < 1.29 is 60.6 Å². The van der Waals surface area contributed by atoms with Crippen molar-refractivity contribution in [3.63, 3.8) is 0 Å². The first-order chi connectivity index (χ1) is 33.0. The number of pyridine rings is 1. The average Bonchev–Trinajstić information content (AvgIpc) is 3.71. The lowest BCUT2D eigenvalue weighted by atomic mass is 9.98. The summed E-state index contributed by atoms with van der Waals surface area (Å²) in [6.07, 6.45) is 2.97. The summed E-state index contributed by atoms with van der Waals surface area (Å²) < 4.78 is 56.3. The van der Waals surface area contributed by atoms with Crippen molar-refractivity contribution in [2.75, 3.05) is 5.32 Å². The van der Waals surface area contributed by atoms with Gasteiger partial charge in [-0.1, -0.05) is 65.8 Å². The van der Waals surface area contributed by atoms with Gasteiger partial charge in [0.1, 0.15) is 35.7 Å². The van der Waals surface area contributed by atoms with E-state index in [1.807, 2.05) is 48.3 Å². The largest absolute Gasteiger partial charge is 0.731 e. The molecule has 370 valence electrons. The Morgan fingerprint density at radius 2 is 1.60 bits per heavy atom. The van der Waals surface area contributed by atoms with E-state index < -0.39 is 87.5 Å². The summed E-state index contributed by atoms with van der Waals surface area (Å²) in [5.74, 6) is -3.18. The highest BCUT2D eigenvalue weighted by molar-refractivity contribution is 7.84. The van der Waals surface area contributed by atoms with Crippen LogP contribution in [0.15, 0.2) is 102 Å². The normalized spacial score (nSPS) is 16.7. The molecule has 2 aromatic carbocycles. The van der Waals surface area contributed by atoms with Crippen LogP contribution in [-0.4, -0.2) is 107 Å². The van der Waals surface area contributed by atoms with Gasteiger partial charge in [0.25, 0.3) is 11.8 Å². The van der Waals surface area contributed by atoms with Crippen LogP contribution in [0.4, 0.5) is 14.7 Å². The molecule has 1 aliphatic carbocycles. The number of esters is 1. The van der Waals surface area contributed by atoms with Crippen LogP contribution in [0.2, 0.25) is 0 Å². The fourth-order valence-electron chi connectivity index (χ4n) is 7.09. The van der Waals surface area contributed by atoms with Crippen LogP contribution >= 0.6 is 11.3 Å². The van der Waals surface area contributed by atoms with Crippen LogP contribution in [0.3, 0.4) is 0 Å². The molecule has 5 aromatic rings. The number of benzene rings is 2. The van der Waals surface area contributed by atoms with Crippen LogP contribution < -0.4 is 15.2 Å². The van der Waals surface area contributed by atoms with Crippen LogP contribution in [0.5, 0.6) is 0 Å². The second kappa shape index (κ2) is 20.3. The number of aromatic nitrogens is 5. The molecule has 4 amide bonds. The second-order valence-electron chi connectivity index (χ2n) is 18.5. The van der Waals surface area contributed by atoms with Gasteiger partial charge in [-0.2, -0.15) is 15.0 Å². The molecular weight excluding hydrogens is 949 g/mol. The number of nitrogens with one attached hydrogen (secondary N) is 2. The van der Waals surface area contributed by atoms with Crippen molar-refractivity contribution in [2.45, 2.75) is 109 Å². The number of aryl methyl sites for hydroxylation is 1. The van der Waals surface area contributed by atoms with Crippen molar-refractivity contribution >= 4 is 62.5 Å². The molecule has 2 atom stereocenters. The molecule has 0 radical (unpaired) electrons. The van der Waals surface area contributed by atoms with E-state index in [0.717, 1.165) is 21.7 Å². The highest BCUT2D eigenvalue weighted by Crippen LogP contribution is 2.43. The lowest BCUT2D eigenvalue weighted by molar-refractivity contribution is -0.672. The molecule has 0 bridgehead atoms. The van der Waals surface area contributed by atoms with E-state index in [0.29, 0.717) is 11.1 Å². The maximum atomic E-state index is 14.3. The van der Waals surface area contributed by atoms with Crippen molar-refractivity contribution in [2.24, 2.45) is 12.2 Å². The number of carbonyl (C=O) groups excluding carboxylic acids is 5. The first-order valence-electron chi connectivity index (χ1n) is 21.9. The molecule has 3 aromatic heterocycles. The van der Waals surface area contributed by atoms with Gasteiger partial charge in [0.15, 0.2) is 39.6 Å². The molecule has 4 heterocycles. The third-order valence-corrected chi connectivity index (χ3v) is 12.1. The summed E-state index contributed by atoms with van der Waals surface area (Å²) in [4.78, 5) is 80.2. The zero-order valence-corrected chi connectivity index (χ0v) is 40.9. The first-order valence-corrected chi connectivity index (χ1v) is 24.2. The van der Waals surface area contributed by atoms with Gasteiger partial charge in [-0.15, -0.1) is 11.3 Å². The zero-order valence-electron chi connectivity index (χ0n) is 39.3.